The Morgan fingerprint density at radius 3 is 2.04 bits per heavy atom. The summed E-state index contributed by atoms with van der Waals surface area (Å²) in [6, 6.07) is 0.490. The molecule has 6 nitrogen and oxygen atoms in total. The summed E-state index contributed by atoms with van der Waals surface area (Å²) in [6.07, 6.45) is 3.37. The molecule has 0 heterocycles. The predicted octanol–water partition coefficient (Wildman–Crippen LogP) is 2.15. The normalized spacial score (nSPS) is 12.9. The van der Waals surface area contributed by atoms with Crippen LogP contribution in [0.15, 0.2) is 12.2 Å². The van der Waals surface area contributed by atoms with Gasteiger partial charge in [0.05, 0.1) is 17.7 Å². The van der Waals surface area contributed by atoms with E-state index in [0.717, 1.165) is 13.0 Å². The smallest absolute Gasteiger partial charge is 0.244 e. The van der Waals surface area contributed by atoms with Crippen LogP contribution >= 0.6 is 0 Å². The summed E-state index contributed by atoms with van der Waals surface area (Å²) in [5.74, 6) is -0.593. The van der Waals surface area contributed by atoms with E-state index in [9.17, 15) is 9.59 Å². The molecule has 0 aliphatic heterocycles. The maximum atomic E-state index is 12.0. The highest BCUT2D eigenvalue weighted by atomic mass is 16.5. The first kappa shape index (κ1) is 23.6. The van der Waals surface area contributed by atoms with Crippen molar-refractivity contribution in [2.75, 3.05) is 13.2 Å². The Morgan fingerprint density at radius 1 is 0.960 bits per heavy atom. The van der Waals surface area contributed by atoms with Crippen molar-refractivity contribution >= 4 is 11.8 Å². The molecule has 0 atom stereocenters. The van der Waals surface area contributed by atoms with Gasteiger partial charge in [-0.1, -0.05) is 13.8 Å². The van der Waals surface area contributed by atoms with Gasteiger partial charge in [-0.3, -0.25) is 9.59 Å². The minimum absolute atomic E-state index is 0.0393. The second-order valence-corrected chi connectivity index (χ2v) is 8.28. The fourth-order valence-electron chi connectivity index (χ4n) is 2.01. The minimum atomic E-state index is -0.529. The Morgan fingerprint density at radius 2 is 1.52 bits per heavy atom. The Labute approximate surface area is 153 Å². The van der Waals surface area contributed by atoms with Crippen LogP contribution in [0.4, 0.5) is 0 Å². The van der Waals surface area contributed by atoms with Gasteiger partial charge in [0, 0.05) is 24.2 Å². The Bertz CT molecular complexity index is 455. The number of rotatable bonds is 11. The van der Waals surface area contributed by atoms with Crippen LogP contribution in [0.3, 0.4) is 0 Å². The Kier molecular flexibility index (Phi) is 9.97. The zero-order chi connectivity index (χ0) is 19.7. The number of amides is 2. The van der Waals surface area contributed by atoms with Crippen molar-refractivity contribution in [3.8, 4) is 0 Å². The Balaban J connectivity index is 4.36. The molecule has 0 saturated carbocycles. The summed E-state index contributed by atoms with van der Waals surface area (Å²) < 4.78 is 6.00. The maximum absolute atomic E-state index is 12.0. The largest absolute Gasteiger partial charge is 0.373 e. The number of carbonyl (C=O) groups is 2. The first-order chi connectivity index (χ1) is 11.3. The molecule has 0 saturated heterocycles. The van der Waals surface area contributed by atoms with E-state index in [1.807, 2.05) is 41.5 Å². The van der Waals surface area contributed by atoms with E-state index in [-0.39, 0.29) is 23.5 Å². The van der Waals surface area contributed by atoms with Crippen LogP contribution in [0.1, 0.15) is 61.8 Å². The van der Waals surface area contributed by atoms with E-state index in [2.05, 4.69) is 29.8 Å². The van der Waals surface area contributed by atoms with Gasteiger partial charge in [-0.05, 0) is 54.5 Å². The van der Waals surface area contributed by atoms with E-state index in [0.29, 0.717) is 12.6 Å². The zero-order valence-electron chi connectivity index (χ0n) is 17.2. The van der Waals surface area contributed by atoms with E-state index in [1.165, 1.54) is 12.2 Å². The van der Waals surface area contributed by atoms with E-state index in [4.69, 9.17) is 4.74 Å². The molecule has 3 N–H and O–H groups in total. The van der Waals surface area contributed by atoms with Gasteiger partial charge >= 0.3 is 0 Å². The number of carbonyl (C=O) groups excluding carboxylic acids is 2. The van der Waals surface area contributed by atoms with Gasteiger partial charge in [0.2, 0.25) is 11.8 Å². The van der Waals surface area contributed by atoms with Gasteiger partial charge < -0.3 is 20.7 Å². The van der Waals surface area contributed by atoms with Crippen molar-refractivity contribution in [1.29, 1.82) is 0 Å². The molecule has 6 heteroatoms. The molecule has 0 aromatic heterocycles. The van der Waals surface area contributed by atoms with Gasteiger partial charge in [-0.15, -0.1) is 0 Å². The van der Waals surface area contributed by atoms with Crippen LogP contribution in [0, 0.1) is 0 Å². The summed E-state index contributed by atoms with van der Waals surface area (Å²) in [6.45, 7) is 17.1. The molecular weight excluding hydrogens is 318 g/mol. The maximum Gasteiger partial charge on any atom is 0.244 e. The van der Waals surface area contributed by atoms with Gasteiger partial charge in [0.1, 0.15) is 0 Å². The highest BCUT2D eigenvalue weighted by Gasteiger charge is 2.25. The van der Waals surface area contributed by atoms with Gasteiger partial charge in [-0.2, -0.15) is 0 Å². The second kappa shape index (κ2) is 10.6. The van der Waals surface area contributed by atoms with Crippen molar-refractivity contribution < 1.29 is 14.3 Å². The topological polar surface area (TPSA) is 79.5 Å². The van der Waals surface area contributed by atoms with E-state index >= 15 is 0 Å². The third-order valence-electron chi connectivity index (χ3n) is 3.38. The molecule has 2 amide bonds. The number of ether oxygens (including phenoxy) is 1. The fourth-order valence-corrected chi connectivity index (χ4v) is 2.01. The van der Waals surface area contributed by atoms with E-state index < -0.39 is 5.54 Å². The number of hydrogen-bond donors (Lipinski definition) is 3. The lowest BCUT2D eigenvalue weighted by molar-refractivity contribution is -0.121. The first-order valence-electron chi connectivity index (χ1n) is 9.01. The van der Waals surface area contributed by atoms with Crippen molar-refractivity contribution in [2.24, 2.45) is 0 Å². The molecule has 0 aromatic rings. The van der Waals surface area contributed by atoms with Crippen LogP contribution in [0.25, 0.3) is 0 Å². The fraction of sp³-hybridized carbons (Fsp3) is 0.789. The quantitative estimate of drug-likeness (QED) is 0.496. The van der Waals surface area contributed by atoms with Crippen LogP contribution in [0.5, 0.6) is 0 Å². The highest BCUT2D eigenvalue weighted by Crippen LogP contribution is 2.17. The molecule has 146 valence electrons. The van der Waals surface area contributed by atoms with Crippen LogP contribution < -0.4 is 16.0 Å². The molecule has 0 fully saturated rings. The van der Waals surface area contributed by atoms with Gasteiger partial charge in [0.25, 0.3) is 0 Å². The minimum Gasteiger partial charge on any atom is -0.373 e. The molecule has 0 unspecified atom stereocenters. The predicted molar refractivity (Wildman–Crippen MR) is 102 cm³/mol. The van der Waals surface area contributed by atoms with Crippen molar-refractivity contribution in [3.63, 3.8) is 0 Å². The standard InChI is InChI=1S/C19H37N3O3/c1-14(2)20-12-11-19(7,8)25-13-18(5,6)22-17(24)10-9-16(23)21-15(3)4/h9-10,14-15,20H,11-13H2,1-8H3,(H,21,23)(H,22,24)/b10-9+. The lowest BCUT2D eigenvalue weighted by Gasteiger charge is -2.32. The molecule has 0 aliphatic carbocycles. The average molecular weight is 356 g/mol. The molecule has 0 spiro atoms. The molecular formula is C19H37N3O3. The second-order valence-electron chi connectivity index (χ2n) is 8.28. The van der Waals surface area contributed by atoms with Crippen LogP contribution in [-0.4, -0.2) is 48.2 Å². The SMILES string of the molecule is CC(C)NCCC(C)(C)OCC(C)(C)NC(=O)/C=C/C(=O)NC(C)C. The summed E-state index contributed by atoms with van der Waals surface area (Å²) in [5, 5.41) is 8.94. The summed E-state index contributed by atoms with van der Waals surface area (Å²) in [7, 11) is 0. The van der Waals surface area contributed by atoms with Gasteiger partial charge in [0.15, 0.2) is 0 Å². The van der Waals surface area contributed by atoms with Crippen LogP contribution in [-0.2, 0) is 14.3 Å². The molecule has 0 rings (SSSR count). The highest BCUT2D eigenvalue weighted by molar-refractivity contribution is 5.97. The molecule has 0 radical (unpaired) electrons. The monoisotopic (exact) mass is 355 g/mol. The molecule has 0 aromatic carbocycles. The lowest BCUT2D eigenvalue weighted by Crippen LogP contribution is -2.48. The summed E-state index contributed by atoms with van der Waals surface area (Å²) in [5.41, 5.74) is -0.810. The van der Waals surface area contributed by atoms with Crippen molar-refractivity contribution in [2.45, 2.75) is 85.0 Å². The van der Waals surface area contributed by atoms with Crippen molar-refractivity contribution in [3.05, 3.63) is 12.2 Å². The third-order valence-corrected chi connectivity index (χ3v) is 3.38. The van der Waals surface area contributed by atoms with Gasteiger partial charge in [-0.25, -0.2) is 0 Å². The molecule has 25 heavy (non-hydrogen) atoms. The third kappa shape index (κ3) is 13.6. The molecule has 0 aliphatic rings. The van der Waals surface area contributed by atoms with E-state index in [1.54, 1.807) is 0 Å². The average Bonchev–Trinajstić information content (AvgIpc) is 2.41. The van der Waals surface area contributed by atoms with Crippen molar-refractivity contribution in [1.82, 2.24) is 16.0 Å². The summed E-state index contributed by atoms with van der Waals surface area (Å²) in [4.78, 5) is 23.5. The number of hydrogen-bond acceptors (Lipinski definition) is 4. The zero-order valence-corrected chi connectivity index (χ0v) is 17.2. The number of nitrogens with one attached hydrogen (secondary N) is 3. The first-order valence-corrected chi connectivity index (χ1v) is 9.01. The Hall–Kier alpha value is -1.40. The lowest BCUT2D eigenvalue weighted by atomic mass is 10.0. The molecule has 0 bridgehead atoms. The van der Waals surface area contributed by atoms with Crippen LogP contribution in [0.2, 0.25) is 0 Å². The summed E-state index contributed by atoms with van der Waals surface area (Å²) >= 11 is 0.